The normalized spacial score (nSPS) is 18.0. The van der Waals surface area contributed by atoms with E-state index in [1.807, 2.05) is 30.3 Å². The minimum Gasteiger partial charge on any atom is -0.482 e. The van der Waals surface area contributed by atoms with E-state index in [2.05, 4.69) is 34.5 Å². The smallest absolute Gasteiger partial charge is 0.341 e. The lowest BCUT2D eigenvalue weighted by Crippen LogP contribution is -2.51. The zero-order valence-corrected chi connectivity index (χ0v) is 14.2. The minimum absolute atomic E-state index is 0.308. The molecule has 2 aromatic rings. The maximum Gasteiger partial charge on any atom is 0.341 e. The van der Waals surface area contributed by atoms with Crippen LogP contribution in [0.15, 0.2) is 54.6 Å². The fourth-order valence-corrected chi connectivity index (χ4v) is 3.17. The predicted octanol–water partition coefficient (Wildman–Crippen LogP) is 2.17. The standard InChI is InChI=1S/C20H24N2O3/c23-20(24)15-25-19-8-6-16(7-9-19)12-18-14-22(11-10-21-18)13-17-4-2-1-3-5-17/h1-9,18,21H,10-15H2,(H,23,24)/t18-/m1/s1. The molecular weight excluding hydrogens is 316 g/mol. The summed E-state index contributed by atoms with van der Waals surface area (Å²) in [6.07, 6.45) is 0.949. The van der Waals surface area contributed by atoms with Gasteiger partial charge in [0, 0.05) is 32.2 Å². The van der Waals surface area contributed by atoms with Gasteiger partial charge in [-0.25, -0.2) is 4.79 Å². The van der Waals surface area contributed by atoms with Gasteiger partial charge in [0.15, 0.2) is 6.61 Å². The zero-order valence-electron chi connectivity index (χ0n) is 14.2. The van der Waals surface area contributed by atoms with E-state index in [-0.39, 0.29) is 6.61 Å². The Labute approximate surface area is 148 Å². The first-order chi connectivity index (χ1) is 12.2. The van der Waals surface area contributed by atoms with Crippen molar-refractivity contribution in [3.05, 3.63) is 65.7 Å². The van der Waals surface area contributed by atoms with Gasteiger partial charge in [-0.3, -0.25) is 4.90 Å². The van der Waals surface area contributed by atoms with Crippen LogP contribution in [0.4, 0.5) is 0 Å². The predicted molar refractivity (Wildman–Crippen MR) is 96.8 cm³/mol. The number of nitrogens with one attached hydrogen (secondary N) is 1. The van der Waals surface area contributed by atoms with Gasteiger partial charge in [-0.05, 0) is 29.7 Å². The van der Waals surface area contributed by atoms with Gasteiger partial charge in [0.2, 0.25) is 0 Å². The highest BCUT2D eigenvalue weighted by Gasteiger charge is 2.19. The van der Waals surface area contributed by atoms with Crippen molar-refractivity contribution in [3.63, 3.8) is 0 Å². The molecule has 1 atom stereocenters. The van der Waals surface area contributed by atoms with Crippen LogP contribution in [0.3, 0.4) is 0 Å². The molecular formula is C20H24N2O3. The lowest BCUT2D eigenvalue weighted by atomic mass is 10.0. The molecule has 25 heavy (non-hydrogen) atoms. The third kappa shape index (κ3) is 5.59. The van der Waals surface area contributed by atoms with Crippen LogP contribution in [0.1, 0.15) is 11.1 Å². The average molecular weight is 340 g/mol. The van der Waals surface area contributed by atoms with Gasteiger partial charge < -0.3 is 15.2 Å². The van der Waals surface area contributed by atoms with Gasteiger partial charge in [0.1, 0.15) is 5.75 Å². The molecule has 3 rings (SSSR count). The van der Waals surface area contributed by atoms with Crippen molar-refractivity contribution in [3.8, 4) is 5.75 Å². The molecule has 0 aromatic heterocycles. The highest BCUT2D eigenvalue weighted by Crippen LogP contribution is 2.15. The molecule has 0 bridgehead atoms. The third-order valence-corrected chi connectivity index (χ3v) is 4.36. The Bertz CT molecular complexity index is 673. The molecule has 1 heterocycles. The molecule has 5 nitrogen and oxygen atoms in total. The number of piperazine rings is 1. The summed E-state index contributed by atoms with van der Waals surface area (Å²) in [7, 11) is 0. The van der Waals surface area contributed by atoms with Crippen LogP contribution in [-0.4, -0.2) is 48.3 Å². The molecule has 2 N–H and O–H groups in total. The van der Waals surface area contributed by atoms with Crippen molar-refractivity contribution >= 4 is 5.97 Å². The largest absolute Gasteiger partial charge is 0.482 e. The van der Waals surface area contributed by atoms with E-state index in [1.54, 1.807) is 0 Å². The summed E-state index contributed by atoms with van der Waals surface area (Å²) in [6, 6.07) is 18.7. The van der Waals surface area contributed by atoms with Gasteiger partial charge in [-0.1, -0.05) is 42.5 Å². The minimum atomic E-state index is -0.964. The van der Waals surface area contributed by atoms with Crippen LogP contribution in [0.2, 0.25) is 0 Å². The van der Waals surface area contributed by atoms with Crippen molar-refractivity contribution in [2.24, 2.45) is 0 Å². The molecule has 1 fully saturated rings. The maximum absolute atomic E-state index is 10.5. The van der Waals surface area contributed by atoms with Crippen LogP contribution in [-0.2, 0) is 17.8 Å². The summed E-state index contributed by atoms with van der Waals surface area (Å²) >= 11 is 0. The van der Waals surface area contributed by atoms with Crippen LogP contribution < -0.4 is 10.1 Å². The number of carbonyl (C=O) groups is 1. The molecule has 0 spiro atoms. The van der Waals surface area contributed by atoms with Crippen LogP contribution >= 0.6 is 0 Å². The Morgan fingerprint density at radius 1 is 1.12 bits per heavy atom. The van der Waals surface area contributed by atoms with E-state index in [1.165, 1.54) is 11.1 Å². The second-order valence-corrected chi connectivity index (χ2v) is 6.40. The number of ether oxygens (including phenoxy) is 1. The van der Waals surface area contributed by atoms with Crippen molar-refractivity contribution < 1.29 is 14.6 Å². The molecule has 0 radical (unpaired) electrons. The van der Waals surface area contributed by atoms with Gasteiger partial charge in [0.25, 0.3) is 0 Å². The molecule has 0 unspecified atom stereocenters. The number of carboxylic acids is 1. The molecule has 1 aliphatic rings. The third-order valence-electron chi connectivity index (χ3n) is 4.36. The highest BCUT2D eigenvalue weighted by atomic mass is 16.5. The number of hydrogen-bond acceptors (Lipinski definition) is 4. The van der Waals surface area contributed by atoms with Gasteiger partial charge in [-0.15, -0.1) is 0 Å². The van der Waals surface area contributed by atoms with Crippen molar-refractivity contribution in [2.45, 2.75) is 19.0 Å². The molecule has 0 saturated carbocycles. The van der Waals surface area contributed by atoms with Crippen LogP contribution in [0, 0.1) is 0 Å². The highest BCUT2D eigenvalue weighted by molar-refractivity contribution is 5.68. The fourth-order valence-electron chi connectivity index (χ4n) is 3.17. The topological polar surface area (TPSA) is 61.8 Å². The van der Waals surface area contributed by atoms with E-state index >= 15 is 0 Å². The van der Waals surface area contributed by atoms with Crippen LogP contribution in [0.5, 0.6) is 5.75 Å². The van der Waals surface area contributed by atoms with Crippen LogP contribution in [0.25, 0.3) is 0 Å². The number of nitrogens with zero attached hydrogens (tertiary/aromatic N) is 1. The number of hydrogen-bond donors (Lipinski definition) is 2. The van der Waals surface area contributed by atoms with Gasteiger partial charge >= 0.3 is 5.97 Å². The van der Waals surface area contributed by atoms with Gasteiger partial charge in [-0.2, -0.15) is 0 Å². The van der Waals surface area contributed by atoms with E-state index in [0.29, 0.717) is 11.8 Å². The molecule has 132 valence electrons. The second-order valence-electron chi connectivity index (χ2n) is 6.40. The van der Waals surface area contributed by atoms with E-state index < -0.39 is 5.97 Å². The Kier molecular flexibility index (Phi) is 6.04. The van der Waals surface area contributed by atoms with Crippen molar-refractivity contribution in [1.29, 1.82) is 0 Å². The maximum atomic E-state index is 10.5. The van der Waals surface area contributed by atoms with E-state index in [0.717, 1.165) is 32.6 Å². The first-order valence-electron chi connectivity index (χ1n) is 8.62. The fraction of sp³-hybridized carbons (Fsp3) is 0.350. The number of benzene rings is 2. The summed E-state index contributed by atoms with van der Waals surface area (Å²) in [5.41, 5.74) is 2.57. The Morgan fingerprint density at radius 2 is 1.88 bits per heavy atom. The van der Waals surface area contributed by atoms with Gasteiger partial charge in [0.05, 0.1) is 0 Å². The zero-order chi connectivity index (χ0) is 17.5. The van der Waals surface area contributed by atoms with E-state index in [4.69, 9.17) is 9.84 Å². The number of aliphatic carboxylic acids is 1. The first kappa shape index (κ1) is 17.5. The quantitative estimate of drug-likeness (QED) is 0.809. The molecule has 1 aliphatic heterocycles. The summed E-state index contributed by atoms with van der Waals surface area (Å²) in [4.78, 5) is 13.0. The summed E-state index contributed by atoms with van der Waals surface area (Å²) in [5, 5.41) is 12.2. The molecule has 0 aliphatic carbocycles. The monoisotopic (exact) mass is 340 g/mol. The Balaban J connectivity index is 1.51. The molecule has 5 heteroatoms. The Morgan fingerprint density at radius 3 is 2.60 bits per heavy atom. The lowest BCUT2D eigenvalue weighted by molar-refractivity contribution is -0.139. The lowest BCUT2D eigenvalue weighted by Gasteiger charge is -2.34. The number of carboxylic acid groups (broad SMARTS) is 1. The molecule has 1 saturated heterocycles. The number of rotatable bonds is 7. The molecule has 0 amide bonds. The summed E-state index contributed by atoms with van der Waals surface area (Å²) < 4.78 is 5.17. The van der Waals surface area contributed by atoms with E-state index in [9.17, 15) is 4.79 Å². The van der Waals surface area contributed by atoms with Crippen molar-refractivity contribution in [1.82, 2.24) is 10.2 Å². The first-order valence-corrected chi connectivity index (χ1v) is 8.62. The average Bonchev–Trinajstić information content (AvgIpc) is 2.62. The Hall–Kier alpha value is -2.37. The van der Waals surface area contributed by atoms with Crippen molar-refractivity contribution in [2.75, 3.05) is 26.2 Å². The second kappa shape index (κ2) is 8.65. The molecule has 2 aromatic carbocycles. The SMILES string of the molecule is O=C(O)COc1ccc(C[C@@H]2CN(Cc3ccccc3)CCN2)cc1. The summed E-state index contributed by atoms with van der Waals surface area (Å²) in [5.74, 6) is -0.373. The summed E-state index contributed by atoms with van der Waals surface area (Å²) in [6.45, 7) is 3.76.